The molecule has 25 heavy (non-hydrogen) atoms. The van der Waals surface area contributed by atoms with E-state index < -0.39 is 0 Å². The lowest BCUT2D eigenvalue weighted by molar-refractivity contribution is -0.111. The molecular formula is C20H22N2O3. The van der Waals surface area contributed by atoms with E-state index in [2.05, 4.69) is 10.3 Å². The van der Waals surface area contributed by atoms with Gasteiger partial charge in [0.05, 0.1) is 6.61 Å². The molecule has 1 saturated heterocycles. The maximum absolute atomic E-state index is 11.9. The van der Waals surface area contributed by atoms with Crippen LogP contribution in [0.25, 0.3) is 6.08 Å². The third kappa shape index (κ3) is 5.72. The summed E-state index contributed by atoms with van der Waals surface area (Å²) in [6.45, 7) is 2.36. The minimum atomic E-state index is -0.181. The van der Waals surface area contributed by atoms with Crippen LogP contribution in [0, 0.1) is 5.92 Å². The van der Waals surface area contributed by atoms with Crippen LogP contribution in [0.2, 0.25) is 0 Å². The number of benzene rings is 1. The van der Waals surface area contributed by atoms with E-state index in [-0.39, 0.29) is 5.91 Å². The maximum Gasteiger partial charge on any atom is 0.248 e. The summed E-state index contributed by atoms with van der Waals surface area (Å²) in [7, 11) is 0. The number of pyridine rings is 1. The molecule has 0 radical (unpaired) electrons. The minimum Gasteiger partial charge on any atom is -0.493 e. The minimum absolute atomic E-state index is 0.181. The van der Waals surface area contributed by atoms with Gasteiger partial charge in [0.25, 0.3) is 0 Å². The Kier molecular flexibility index (Phi) is 6.17. The largest absolute Gasteiger partial charge is 0.493 e. The molecule has 5 nitrogen and oxygen atoms in total. The number of anilines is 1. The van der Waals surface area contributed by atoms with Crippen molar-refractivity contribution in [2.75, 3.05) is 25.1 Å². The van der Waals surface area contributed by atoms with Crippen molar-refractivity contribution in [1.82, 2.24) is 4.98 Å². The van der Waals surface area contributed by atoms with Crippen LogP contribution in [-0.4, -0.2) is 30.7 Å². The smallest absolute Gasteiger partial charge is 0.248 e. The number of ether oxygens (including phenoxy) is 2. The van der Waals surface area contributed by atoms with Gasteiger partial charge in [-0.25, -0.2) is 0 Å². The molecular weight excluding hydrogens is 316 g/mol. The number of hydrogen-bond acceptors (Lipinski definition) is 4. The summed E-state index contributed by atoms with van der Waals surface area (Å²) in [4.78, 5) is 15.9. The second kappa shape index (κ2) is 8.99. The Morgan fingerprint density at radius 2 is 2.04 bits per heavy atom. The van der Waals surface area contributed by atoms with E-state index >= 15 is 0 Å². The summed E-state index contributed by atoms with van der Waals surface area (Å²) in [5.41, 5.74) is 1.62. The van der Waals surface area contributed by atoms with Gasteiger partial charge in [-0.15, -0.1) is 0 Å². The number of amides is 1. The molecule has 2 aromatic rings. The van der Waals surface area contributed by atoms with Crippen LogP contribution in [0.1, 0.15) is 18.4 Å². The molecule has 1 fully saturated rings. The topological polar surface area (TPSA) is 60.5 Å². The monoisotopic (exact) mass is 338 g/mol. The van der Waals surface area contributed by atoms with Crippen LogP contribution >= 0.6 is 0 Å². The highest BCUT2D eigenvalue weighted by Gasteiger charge is 2.14. The molecule has 0 spiro atoms. The summed E-state index contributed by atoms with van der Waals surface area (Å²) in [6, 6.07) is 11.2. The van der Waals surface area contributed by atoms with E-state index in [0.29, 0.717) is 12.5 Å². The molecule has 130 valence electrons. The SMILES string of the molecule is O=C(/C=C/c1cccnc1)Nc1ccc(OCC2CCOCC2)cc1. The standard InChI is InChI=1S/C20H22N2O3/c23-20(8-3-16-2-1-11-21-14-16)22-18-4-6-19(7-5-18)25-15-17-9-12-24-13-10-17/h1-8,11,14,17H,9-10,12-13,15H2,(H,22,23)/b8-3+. The van der Waals surface area contributed by atoms with Gasteiger partial charge in [-0.05, 0) is 60.7 Å². The molecule has 0 unspecified atom stereocenters. The van der Waals surface area contributed by atoms with Gasteiger partial charge in [-0.1, -0.05) is 6.07 Å². The van der Waals surface area contributed by atoms with Gasteiger partial charge in [0, 0.05) is 37.4 Å². The van der Waals surface area contributed by atoms with Crippen molar-refractivity contribution < 1.29 is 14.3 Å². The number of aromatic nitrogens is 1. The fraction of sp³-hybridized carbons (Fsp3) is 0.300. The van der Waals surface area contributed by atoms with Crippen LogP contribution in [0.5, 0.6) is 5.75 Å². The van der Waals surface area contributed by atoms with Crippen molar-refractivity contribution in [3.8, 4) is 5.75 Å². The Hall–Kier alpha value is -2.66. The van der Waals surface area contributed by atoms with E-state index in [1.807, 2.05) is 36.4 Å². The molecule has 5 heteroatoms. The average Bonchev–Trinajstić information content (AvgIpc) is 2.67. The van der Waals surface area contributed by atoms with Gasteiger partial charge in [0.2, 0.25) is 5.91 Å². The van der Waals surface area contributed by atoms with E-state index in [1.165, 1.54) is 6.08 Å². The Balaban J connectivity index is 1.46. The van der Waals surface area contributed by atoms with Crippen LogP contribution in [0.3, 0.4) is 0 Å². The summed E-state index contributed by atoms with van der Waals surface area (Å²) in [5, 5.41) is 2.83. The molecule has 1 aromatic heterocycles. The predicted molar refractivity (Wildman–Crippen MR) is 97.4 cm³/mol. The van der Waals surface area contributed by atoms with Crippen molar-refractivity contribution in [2.24, 2.45) is 5.92 Å². The number of carbonyl (C=O) groups excluding carboxylic acids is 1. The molecule has 3 rings (SSSR count). The molecule has 0 aliphatic carbocycles. The van der Waals surface area contributed by atoms with Crippen molar-refractivity contribution in [2.45, 2.75) is 12.8 Å². The average molecular weight is 338 g/mol. The first kappa shape index (κ1) is 17.2. The summed E-state index contributed by atoms with van der Waals surface area (Å²) < 4.78 is 11.2. The van der Waals surface area contributed by atoms with Gasteiger partial charge in [-0.3, -0.25) is 9.78 Å². The third-order valence-corrected chi connectivity index (χ3v) is 4.06. The Labute approximate surface area is 147 Å². The van der Waals surface area contributed by atoms with Gasteiger partial charge < -0.3 is 14.8 Å². The lowest BCUT2D eigenvalue weighted by atomic mass is 10.0. The van der Waals surface area contributed by atoms with Gasteiger partial charge in [0.1, 0.15) is 5.75 Å². The molecule has 2 heterocycles. The lowest BCUT2D eigenvalue weighted by Gasteiger charge is -2.22. The van der Waals surface area contributed by atoms with Crippen LogP contribution in [0.15, 0.2) is 54.9 Å². The highest BCUT2D eigenvalue weighted by Crippen LogP contribution is 2.19. The number of carbonyl (C=O) groups is 1. The first-order chi connectivity index (χ1) is 12.3. The molecule has 1 aliphatic rings. The Morgan fingerprint density at radius 3 is 2.76 bits per heavy atom. The van der Waals surface area contributed by atoms with Crippen LogP contribution in [0.4, 0.5) is 5.69 Å². The zero-order chi connectivity index (χ0) is 17.3. The van der Waals surface area contributed by atoms with Crippen molar-refractivity contribution in [3.63, 3.8) is 0 Å². The maximum atomic E-state index is 11.9. The van der Waals surface area contributed by atoms with E-state index in [0.717, 1.165) is 43.1 Å². The van der Waals surface area contributed by atoms with E-state index in [9.17, 15) is 4.79 Å². The fourth-order valence-corrected chi connectivity index (χ4v) is 2.59. The molecule has 1 amide bonds. The Morgan fingerprint density at radius 1 is 1.24 bits per heavy atom. The predicted octanol–water partition coefficient (Wildman–Crippen LogP) is 3.54. The van der Waals surface area contributed by atoms with E-state index in [4.69, 9.17) is 9.47 Å². The van der Waals surface area contributed by atoms with Crippen molar-refractivity contribution in [3.05, 3.63) is 60.4 Å². The molecule has 1 aliphatic heterocycles. The summed E-state index contributed by atoms with van der Waals surface area (Å²) in [5.74, 6) is 1.20. The number of hydrogen-bond donors (Lipinski definition) is 1. The van der Waals surface area contributed by atoms with Crippen molar-refractivity contribution >= 4 is 17.7 Å². The lowest BCUT2D eigenvalue weighted by Crippen LogP contribution is -2.21. The normalized spacial score (nSPS) is 15.2. The highest BCUT2D eigenvalue weighted by atomic mass is 16.5. The zero-order valence-corrected chi connectivity index (χ0v) is 14.1. The van der Waals surface area contributed by atoms with Gasteiger partial charge in [-0.2, -0.15) is 0 Å². The van der Waals surface area contributed by atoms with E-state index in [1.54, 1.807) is 18.5 Å². The van der Waals surface area contributed by atoms with Gasteiger partial charge in [0.15, 0.2) is 0 Å². The molecule has 0 bridgehead atoms. The highest BCUT2D eigenvalue weighted by molar-refractivity contribution is 6.01. The Bertz CT molecular complexity index is 693. The number of nitrogens with one attached hydrogen (secondary N) is 1. The zero-order valence-electron chi connectivity index (χ0n) is 14.1. The molecule has 0 atom stereocenters. The first-order valence-corrected chi connectivity index (χ1v) is 8.49. The first-order valence-electron chi connectivity index (χ1n) is 8.49. The summed E-state index contributed by atoms with van der Waals surface area (Å²) in [6.07, 6.45) is 8.73. The molecule has 1 aromatic carbocycles. The quantitative estimate of drug-likeness (QED) is 0.819. The number of rotatable bonds is 6. The molecule has 1 N–H and O–H groups in total. The second-order valence-corrected chi connectivity index (χ2v) is 6.00. The third-order valence-electron chi connectivity index (χ3n) is 4.06. The van der Waals surface area contributed by atoms with Crippen molar-refractivity contribution in [1.29, 1.82) is 0 Å². The van der Waals surface area contributed by atoms with Crippen LogP contribution < -0.4 is 10.1 Å². The molecule has 0 saturated carbocycles. The van der Waals surface area contributed by atoms with Gasteiger partial charge >= 0.3 is 0 Å². The van der Waals surface area contributed by atoms with Crippen LogP contribution in [-0.2, 0) is 9.53 Å². The number of nitrogens with zero attached hydrogens (tertiary/aromatic N) is 1. The fourth-order valence-electron chi connectivity index (χ4n) is 2.59. The second-order valence-electron chi connectivity index (χ2n) is 6.00. The summed E-state index contributed by atoms with van der Waals surface area (Å²) >= 11 is 0.